The second kappa shape index (κ2) is 5.21. The molecule has 88 valence electrons. The van der Waals surface area contributed by atoms with Gasteiger partial charge in [0.1, 0.15) is 11.5 Å². The third kappa shape index (κ3) is 2.47. The highest BCUT2D eigenvalue weighted by molar-refractivity contribution is 5.43. The van der Waals surface area contributed by atoms with Crippen molar-refractivity contribution in [3.05, 3.63) is 11.5 Å². The van der Waals surface area contributed by atoms with Crippen LogP contribution < -0.4 is 10.2 Å². The van der Waals surface area contributed by atoms with E-state index in [1.807, 2.05) is 6.92 Å². The minimum Gasteiger partial charge on any atom is -0.352 e. The zero-order chi connectivity index (χ0) is 11.4. The van der Waals surface area contributed by atoms with Gasteiger partial charge in [-0.2, -0.15) is 0 Å². The first-order chi connectivity index (χ1) is 7.81. The highest BCUT2D eigenvalue weighted by Gasteiger charge is 2.16. The van der Waals surface area contributed by atoms with Gasteiger partial charge in [-0.25, -0.2) is 4.98 Å². The van der Waals surface area contributed by atoms with Gasteiger partial charge in [0.25, 0.3) is 0 Å². The second-order valence-electron chi connectivity index (χ2n) is 4.12. The van der Waals surface area contributed by atoms with E-state index in [1.165, 1.54) is 0 Å². The van der Waals surface area contributed by atoms with Crippen LogP contribution in [0.5, 0.6) is 0 Å². The Morgan fingerprint density at radius 1 is 1.25 bits per heavy atom. The van der Waals surface area contributed by atoms with E-state index in [-0.39, 0.29) is 0 Å². The molecule has 2 heterocycles. The fraction of sp³-hybridized carbons (Fsp3) is 0.727. The maximum absolute atomic E-state index is 4.54. The molecule has 1 aromatic heterocycles. The predicted molar refractivity (Wildman–Crippen MR) is 63.6 cm³/mol. The SMILES string of the molecule is CCCc1nnc(C)nc1N1CCNCC1. The molecule has 1 fully saturated rings. The van der Waals surface area contributed by atoms with Crippen LogP contribution in [0.15, 0.2) is 0 Å². The number of anilines is 1. The maximum Gasteiger partial charge on any atom is 0.154 e. The Labute approximate surface area is 96.3 Å². The lowest BCUT2D eigenvalue weighted by Crippen LogP contribution is -2.44. The van der Waals surface area contributed by atoms with Crippen molar-refractivity contribution in [2.75, 3.05) is 31.1 Å². The van der Waals surface area contributed by atoms with Crippen molar-refractivity contribution >= 4 is 5.82 Å². The van der Waals surface area contributed by atoms with Gasteiger partial charge in [0.2, 0.25) is 0 Å². The summed E-state index contributed by atoms with van der Waals surface area (Å²) in [5, 5.41) is 11.7. The lowest BCUT2D eigenvalue weighted by molar-refractivity contribution is 0.578. The van der Waals surface area contributed by atoms with E-state index in [1.54, 1.807) is 0 Å². The molecular weight excluding hydrogens is 202 g/mol. The molecule has 0 radical (unpaired) electrons. The minimum absolute atomic E-state index is 0.758. The van der Waals surface area contributed by atoms with Crippen molar-refractivity contribution in [1.82, 2.24) is 20.5 Å². The lowest BCUT2D eigenvalue weighted by Gasteiger charge is -2.29. The highest BCUT2D eigenvalue weighted by Crippen LogP contribution is 2.17. The molecule has 1 aliphatic rings. The van der Waals surface area contributed by atoms with E-state index < -0.39 is 0 Å². The van der Waals surface area contributed by atoms with Crippen molar-refractivity contribution < 1.29 is 0 Å². The normalized spacial score (nSPS) is 16.5. The molecule has 1 aromatic rings. The molecule has 5 nitrogen and oxygen atoms in total. The van der Waals surface area contributed by atoms with E-state index in [0.717, 1.165) is 56.4 Å². The number of nitrogens with zero attached hydrogens (tertiary/aromatic N) is 4. The maximum atomic E-state index is 4.54. The number of piperazine rings is 1. The van der Waals surface area contributed by atoms with Crippen LogP contribution in [0, 0.1) is 6.92 Å². The van der Waals surface area contributed by atoms with Gasteiger partial charge >= 0.3 is 0 Å². The molecule has 0 spiro atoms. The molecule has 0 aliphatic carbocycles. The van der Waals surface area contributed by atoms with Gasteiger partial charge in [-0.3, -0.25) is 0 Å². The molecule has 0 atom stereocenters. The number of hydrogen-bond acceptors (Lipinski definition) is 5. The quantitative estimate of drug-likeness (QED) is 0.807. The fourth-order valence-electron chi connectivity index (χ4n) is 1.95. The standard InChI is InChI=1S/C11H19N5/c1-3-4-10-11(13-9(2)14-15-10)16-7-5-12-6-8-16/h12H,3-8H2,1-2H3. The zero-order valence-corrected chi connectivity index (χ0v) is 10.0. The Morgan fingerprint density at radius 2 is 2.00 bits per heavy atom. The minimum atomic E-state index is 0.758. The van der Waals surface area contributed by atoms with Crippen LogP contribution >= 0.6 is 0 Å². The summed E-state index contributed by atoms with van der Waals surface area (Å²) in [5.74, 6) is 1.80. The monoisotopic (exact) mass is 221 g/mol. The van der Waals surface area contributed by atoms with Gasteiger partial charge in [-0.1, -0.05) is 13.3 Å². The highest BCUT2D eigenvalue weighted by atomic mass is 15.3. The molecule has 0 saturated carbocycles. The molecule has 2 rings (SSSR count). The van der Waals surface area contributed by atoms with Gasteiger partial charge in [0.05, 0.1) is 0 Å². The molecule has 0 bridgehead atoms. The van der Waals surface area contributed by atoms with Crippen LogP contribution in [-0.2, 0) is 6.42 Å². The van der Waals surface area contributed by atoms with Crippen LogP contribution in [-0.4, -0.2) is 41.4 Å². The van der Waals surface area contributed by atoms with E-state index in [0.29, 0.717) is 0 Å². The number of aromatic nitrogens is 3. The molecule has 5 heteroatoms. The van der Waals surface area contributed by atoms with Gasteiger partial charge in [-0.15, -0.1) is 10.2 Å². The summed E-state index contributed by atoms with van der Waals surface area (Å²) >= 11 is 0. The molecule has 1 aliphatic heterocycles. The predicted octanol–water partition coefficient (Wildman–Crippen LogP) is 0.542. The number of nitrogens with one attached hydrogen (secondary N) is 1. The second-order valence-corrected chi connectivity index (χ2v) is 4.12. The van der Waals surface area contributed by atoms with Crippen molar-refractivity contribution in [2.24, 2.45) is 0 Å². The van der Waals surface area contributed by atoms with Gasteiger partial charge in [-0.05, 0) is 13.3 Å². The molecular formula is C11H19N5. The average Bonchev–Trinajstić information content (AvgIpc) is 2.33. The van der Waals surface area contributed by atoms with Gasteiger partial charge in [0, 0.05) is 26.2 Å². The van der Waals surface area contributed by atoms with E-state index in [4.69, 9.17) is 0 Å². The van der Waals surface area contributed by atoms with Crippen molar-refractivity contribution in [3.63, 3.8) is 0 Å². The van der Waals surface area contributed by atoms with Gasteiger partial charge < -0.3 is 10.2 Å². The van der Waals surface area contributed by atoms with Crippen LogP contribution in [0.25, 0.3) is 0 Å². The first-order valence-corrected chi connectivity index (χ1v) is 5.97. The van der Waals surface area contributed by atoms with Crippen LogP contribution in [0.1, 0.15) is 24.9 Å². The summed E-state index contributed by atoms with van der Waals surface area (Å²) in [6.07, 6.45) is 2.04. The Balaban J connectivity index is 2.24. The topological polar surface area (TPSA) is 53.9 Å². The largest absolute Gasteiger partial charge is 0.352 e. The molecule has 1 saturated heterocycles. The molecule has 0 amide bonds. The third-order valence-electron chi connectivity index (χ3n) is 2.74. The molecule has 0 aromatic carbocycles. The molecule has 0 unspecified atom stereocenters. The van der Waals surface area contributed by atoms with E-state index >= 15 is 0 Å². The third-order valence-corrected chi connectivity index (χ3v) is 2.74. The van der Waals surface area contributed by atoms with Crippen LogP contribution in [0.4, 0.5) is 5.82 Å². The summed E-state index contributed by atoms with van der Waals surface area (Å²) in [7, 11) is 0. The van der Waals surface area contributed by atoms with Crippen LogP contribution in [0.3, 0.4) is 0 Å². The van der Waals surface area contributed by atoms with E-state index in [9.17, 15) is 0 Å². The first-order valence-electron chi connectivity index (χ1n) is 5.97. The number of hydrogen-bond donors (Lipinski definition) is 1. The summed E-state index contributed by atoms with van der Waals surface area (Å²) < 4.78 is 0. The average molecular weight is 221 g/mol. The van der Waals surface area contributed by atoms with Crippen molar-refractivity contribution in [2.45, 2.75) is 26.7 Å². The van der Waals surface area contributed by atoms with Crippen molar-refractivity contribution in [3.8, 4) is 0 Å². The Kier molecular flexibility index (Phi) is 3.66. The Hall–Kier alpha value is -1.23. The zero-order valence-electron chi connectivity index (χ0n) is 10.0. The smallest absolute Gasteiger partial charge is 0.154 e. The summed E-state index contributed by atoms with van der Waals surface area (Å²) in [6.45, 7) is 8.12. The molecule has 16 heavy (non-hydrogen) atoms. The van der Waals surface area contributed by atoms with Crippen molar-refractivity contribution in [1.29, 1.82) is 0 Å². The Morgan fingerprint density at radius 3 is 2.69 bits per heavy atom. The number of aryl methyl sites for hydroxylation is 2. The summed E-state index contributed by atoms with van der Waals surface area (Å²) in [4.78, 5) is 6.85. The van der Waals surface area contributed by atoms with E-state index in [2.05, 4.69) is 32.3 Å². The number of rotatable bonds is 3. The molecule has 1 N–H and O–H groups in total. The van der Waals surface area contributed by atoms with Crippen LogP contribution in [0.2, 0.25) is 0 Å². The summed E-state index contributed by atoms with van der Waals surface area (Å²) in [6, 6.07) is 0. The first kappa shape index (κ1) is 11.3. The fourth-order valence-corrected chi connectivity index (χ4v) is 1.95. The lowest BCUT2D eigenvalue weighted by atomic mass is 10.2. The summed E-state index contributed by atoms with van der Waals surface area (Å²) in [5.41, 5.74) is 1.04. The Bertz CT molecular complexity index is 346. The van der Waals surface area contributed by atoms with Gasteiger partial charge in [0.15, 0.2) is 5.82 Å².